The highest BCUT2D eigenvalue weighted by Crippen LogP contribution is 2.22. The molecule has 3 rings (SSSR count). The molecular formula is C16H17N3O3. The Morgan fingerprint density at radius 1 is 1.27 bits per heavy atom. The van der Waals surface area contributed by atoms with Crippen molar-refractivity contribution in [3.8, 4) is 0 Å². The van der Waals surface area contributed by atoms with Crippen LogP contribution in [-0.4, -0.2) is 46.9 Å². The molecule has 0 bridgehead atoms. The maximum absolute atomic E-state index is 12.7. The molecular weight excluding hydrogens is 282 g/mol. The van der Waals surface area contributed by atoms with E-state index in [4.69, 9.17) is 4.74 Å². The number of piperidine rings is 1. The monoisotopic (exact) mass is 299 g/mol. The fraction of sp³-hybridized carbons (Fsp3) is 0.375. The Labute approximate surface area is 128 Å². The predicted octanol–water partition coefficient (Wildman–Crippen LogP) is 1.65. The summed E-state index contributed by atoms with van der Waals surface area (Å²) in [5.41, 5.74) is 1.17. The third kappa shape index (κ3) is 2.64. The number of likely N-dealkylation sites (tertiary alicyclic amines) is 1. The highest BCUT2D eigenvalue weighted by molar-refractivity contribution is 6.04. The smallest absolute Gasteiger partial charge is 0.308 e. The Balaban J connectivity index is 1.78. The molecule has 0 saturated carbocycles. The van der Waals surface area contributed by atoms with Crippen molar-refractivity contribution in [3.63, 3.8) is 0 Å². The zero-order valence-electron chi connectivity index (χ0n) is 12.4. The average molecular weight is 299 g/mol. The van der Waals surface area contributed by atoms with E-state index in [-0.39, 0.29) is 17.8 Å². The van der Waals surface area contributed by atoms with Crippen molar-refractivity contribution in [3.05, 3.63) is 36.3 Å². The highest BCUT2D eigenvalue weighted by atomic mass is 16.5. The molecule has 1 amide bonds. The third-order valence-corrected chi connectivity index (χ3v) is 4.06. The minimum absolute atomic E-state index is 0.0832. The number of esters is 1. The fourth-order valence-electron chi connectivity index (χ4n) is 2.81. The summed E-state index contributed by atoms with van der Waals surface area (Å²) in [6, 6.07) is 3.70. The van der Waals surface area contributed by atoms with E-state index in [9.17, 15) is 9.59 Å². The Kier molecular flexibility index (Phi) is 4.00. The van der Waals surface area contributed by atoms with Gasteiger partial charge >= 0.3 is 5.97 Å². The first-order chi connectivity index (χ1) is 10.7. The number of nitrogens with zero attached hydrogens (tertiary/aromatic N) is 3. The van der Waals surface area contributed by atoms with E-state index in [1.54, 1.807) is 23.5 Å². The van der Waals surface area contributed by atoms with Crippen LogP contribution in [0.1, 0.15) is 23.2 Å². The van der Waals surface area contributed by atoms with E-state index in [1.165, 1.54) is 7.11 Å². The number of pyridine rings is 2. The molecule has 6 nitrogen and oxygen atoms in total. The molecule has 0 radical (unpaired) electrons. The second kappa shape index (κ2) is 6.09. The van der Waals surface area contributed by atoms with E-state index in [1.807, 2.05) is 12.1 Å². The minimum Gasteiger partial charge on any atom is -0.469 e. The lowest BCUT2D eigenvalue weighted by molar-refractivity contribution is -0.146. The van der Waals surface area contributed by atoms with Gasteiger partial charge in [0.05, 0.1) is 24.1 Å². The molecule has 1 saturated heterocycles. The summed E-state index contributed by atoms with van der Waals surface area (Å²) < 4.78 is 4.77. The number of carbonyl (C=O) groups excluding carboxylic acids is 2. The molecule has 114 valence electrons. The Morgan fingerprint density at radius 3 is 2.77 bits per heavy atom. The van der Waals surface area contributed by atoms with Gasteiger partial charge in [0, 0.05) is 37.1 Å². The summed E-state index contributed by atoms with van der Waals surface area (Å²) in [7, 11) is 1.40. The standard InChI is InChI=1S/C16H17N3O3/c1-22-16(21)11-4-7-19(8-5-11)15(20)13-10-17-9-12-3-2-6-18-14(12)13/h2-3,6,9-11H,4-5,7-8H2,1H3. The van der Waals surface area contributed by atoms with Crippen LogP contribution in [0.15, 0.2) is 30.7 Å². The number of aromatic nitrogens is 2. The number of carbonyl (C=O) groups is 2. The van der Waals surface area contributed by atoms with Gasteiger partial charge in [-0.3, -0.25) is 19.6 Å². The summed E-state index contributed by atoms with van der Waals surface area (Å²) >= 11 is 0. The van der Waals surface area contributed by atoms with Crippen LogP contribution in [0.2, 0.25) is 0 Å². The molecule has 0 atom stereocenters. The molecule has 0 aliphatic carbocycles. The number of rotatable bonds is 2. The first kappa shape index (κ1) is 14.4. The Hall–Kier alpha value is -2.50. The van der Waals surface area contributed by atoms with Gasteiger partial charge < -0.3 is 9.64 Å². The first-order valence-electron chi connectivity index (χ1n) is 7.26. The van der Waals surface area contributed by atoms with Crippen LogP contribution in [0, 0.1) is 5.92 Å². The lowest BCUT2D eigenvalue weighted by Gasteiger charge is -2.30. The molecule has 1 fully saturated rings. The quantitative estimate of drug-likeness (QED) is 0.789. The second-order valence-electron chi connectivity index (χ2n) is 5.35. The van der Waals surface area contributed by atoms with Crippen LogP contribution in [0.4, 0.5) is 0 Å². The topological polar surface area (TPSA) is 72.4 Å². The zero-order chi connectivity index (χ0) is 15.5. The summed E-state index contributed by atoms with van der Waals surface area (Å²) in [4.78, 5) is 34.4. The molecule has 2 aromatic heterocycles. The lowest BCUT2D eigenvalue weighted by atomic mass is 9.96. The van der Waals surface area contributed by atoms with Crippen LogP contribution in [-0.2, 0) is 9.53 Å². The summed E-state index contributed by atoms with van der Waals surface area (Å²) in [5, 5.41) is 0.845. The zero-order valence-corrected chi connectivity index (χ0v) is 12.4. The highest BCUT2D eigenvalue weighted by Gasteiger charge is 2.29. The van der Waals surface area contributed by atoms with Gasteiger partial charge in [0.25, 0.3) is 5.91 Å². The van der Waals surface area contributed by atoms with Gasteiger partial charge in [0.2, 0.25) is 0 Å². The molecule has 6 heteroatoms. The SMILES string of the molecule is COC(=O)C1CCN(C(=O)c2cncc3cccnc23)CC1. The summed E-state index contributed by atoms with van der Waals surface area (Å²) in [6.07, 6.45) is 6.18. The third-order valence-electron chi connectivity index (χ3n) is 4.06. The number of hydrogen-bond acceptors (Lipinski definition) is 5. The maximum atomic E-state index is 12.7. The van der Waals surface area contributed by atoms with Gasteiger partial charge in [-0.25, -0.2) is 0 Å². The maximum Gasteiger partial charge on any atom is 0.308 e. The van der Waals surface area contributed by atoms with Crippen LogP contribution < -0.4 is 0 Å². The second-order valence-corrected chi connectivity index (χ2v) is 5.35. The van der Waals surface area contributed by atoms with Crippen molar-refractivity contribution in [1.29, 1.82) is 0 Å². The van der Waals surface area contributed by atoms with Crippen LogP contribution in [0.3, 0.4) is 0 Å². The molecule has 1 aliphatic heterocycles. The average Bonchev–Trinajstić information content (AvgIpc) is 2.60. The van der Waals surface area contributed by atoms with E-state index >= 15 is 0 Å². The Morgan fingerprint density at radius 2 is 2.05 bits per heavy atom. The normalized spacial score (nSPS) is 15.8. The molecule has 3 heterocycles. The van der Waals surface area contributed by atoms with Crippen molar-refractivity contribution in [2.45, 2.75) is 12.8 Å². The van der Waals surface area contributed by atoms with Gasteiger partial charge in [0.1, 0.15) is 0 Å². The van der Waals surface area contributed by atoms with Crippen molar-refractivity contribution in [2.24, 2.45) is 5.92 Å². The van der Waals surface area contributed by atoms with Gasteiger partial charge in [-0.1, -0.05) is 0 Å². The number of methoxy groups -OCH3 is 1. The number of ether oxygens (including phenoxy) is 1. The molecule has 2 aromatic rings. The Bertz CT molecular complexity index is 703. The van der Waals surface area contributed by atoms with E-state index in [2.05, 4.69) is 9.97 Å². The number of hydrogen-bond donors (Lipinski definition) is 0. The molecule has 0 spiro atoms. The minimum atomic E-state index is -0.194. The summed E-state index contributed by atoms with van der Waals surface area (Å²) in [6.45, 7) is 1.09. The molecule has 1 aliphatic rings. The lowest BCUT2D eigenvalue weighted by Crippen LogP contribution is -2.40. The van der Waals surface area contributed by atoms with Gasteiger partial charge in [-0.05, 0) is 25.0 Å². The summed E-state index contributed by atoms with van der Waals surface area (Å²) in [5.74, 6) is -0.390. The van der Waals surface area contributed by atoms with Gasteiger partial charge in [0.15, 0.2) is 0 Å². The van der Waals surface area contributed by atoms with Crippen molar-refractivity contribution >= 4 is 22.8 Å². The van der Waals surface area contributed by atoms with Crippen molar-refractivity contribution in [2.75, 3.05) is 20.2 Å². The van der Waals surface area contributed by atoms with Gasteiger partial charge in [-0.15, -0.1) is 0 Å². The van der Waals surface area contributed by atoms with Crippen LogP contribution >= 0.6 is 0 Å². The molecule has 0 N–H and O–H groups in total. The first-order valence-corrected chi connectivity index (χ1v) is 7.26. The van der Waals surface area contributed by atoms with E-state index in [0.717, 1.165) is 5.39 Å². The number of fused-ring (bicyclic) bond motifs is 1. The van der Waals surface area contributed by atoms with Crippen molar-refractivity contribution < 1.29 is 14.3 Å². The fourth-order valence-corrected chi connectivity index (χ4v) is 2.81. The van der Waals surface area contributed by atoms with Crippen LogP contribution in [0.5, 0.6) is 0 Å². The predicted molar refractivity (Wildman–Crippen MR) is 80.2 cm³/mol. The molecule has 22 heavy (non-hydrogen) atoms. The van der Waals surface area contributed by atoms with E-state index in [0.29, 0.717) is 37.0 Å². The van der Waals surface area contributed by atoms with Crippen molar-refractivity contribution in [1.82, 2.24) is 14.9 Å². The molecule has 0 aromatic carbocycles. The van der Waals surface area contributed by atoms with Crippen LogP contribution in [0.25, 0.3) is 10.9 Å². The largest absolute Gasteiger partial charge is 0.469 e. The van der Waals surface area contributed by atoms with E-state index < -0.39 is 0 Å². The number of amides is 1. The van der Waals surface area contributed by atoms with Gasteiger partial charge in [-0.2, -0.15) is 0 Å². The molecule has 0 unspecified atom stereocenters.